The zero-order valence-corrected chi connectivity index (χ0v) is 11.4. The van der Waals surface area contributed by atoms with E-state index in [1.807, 2.05) is 18.7 Å². The number of rotatable bonds is 3. The van der Waals surface area contributed by atoms with Gasteiger partial charge in [0.1, 0.15) is 0 Å². The van der Waals surface area contributed by atoms with Crippen LogP contribution < -0.4 is 11.3 Å². The lowest BCUT2D eigenvalue weighted by Gasteiger charge is -2.28. The Morgan fingerprint density at radius 2 is 2.16 bits per heavy atom. The lowest BCUT2D eigenvalue weighted by molar-refractivity contribution is -0.135. The van der Waals surface area contributed by atoms with Crippen molar-refractivity contribution in [2.24, 2.45) is 5.92 Å². The largest absolute Gasteiger partial charge is 0.369 e. The average Bonchev–Trinajstić information content (AvgIpc) is 2.39. The molecule has 6 nitrogen and oxygen atoms in total. The van der Waals surface area contributed by atoms with E-state index >= 15 is 0 Å². The fraction of sp³-hybridized carbons (Fsp3) is 0.615. The topological polar surface area (TPSA) is 92.1 Å². The van der Waals surface area contributed by atoms with E-state index in [9.17, 15) is 9.59 Å². The summed E-state index contributed by atoms with van der Waals surface area (Å²) in [5.41, 5.74) is 6.68. The average molecular weight is 264 g/mol. The van der Waals surface area contributed by atoms with E-state index in [4.69, 9.17) is 5.73 Å². The summed E-state index contributed by atoms with van der Waals surface area (Å²) >= 11 is 0. The second-order valence-corrected chi connectivity index (χ2v) is 4.83. The van der Waals surface area contributed by atoms with Crippen LogP contribution in [-0.2, 0) is 17.6 Å². The number of nitrogen functional groups attached to an aromatic ring is 1. The number of amides is 1. The highest BCUT2D eigenvalue weighted by Crippen LogP contribution is 2.23. The molecule has 2 rings (SSSR count). The van der Waals surface area contributed by atoms with Gasteiger partial charge in [0.25, 0.3) is 5.56 Å². The minimum Gasteiger partial charge on any atom is -0.369 e. The Bertz CT molecular complexity index is 534. The summed E-state index contributed by atoms with van der Waals surface area (Å²) in [5, 5.41) is 0. The van der Waals surface area contributed by atoms with Gasteiger partial charge in [0, 0.05) is 24.6 Å². The predicted octanol–water partition coefficient (Wildman–Crippen LogP) is 0.325. The van der Waals surface area contributed by atoms with Gasteiger partial charge in [0.15, 0.2) is 0 Å². The molecule has 0 aromatic carbocycles. The van der Waals surface area contributed by atoms with Gasteiger partial charge in [0.2, 0.25) is 11.9 Å². The van der Waals surface area contributed by atoms with Crippen molar-refractivity contribution in [2.75, 3.05) is 18.8 Å². The summed E-state index contributed by atoms with van der Waals surface area (Å²) in [4.78, 5) is 32.6. The van der Waals surface area contributed by atoms with E-state index < -0.39 is 0 Å². The van der Waals surface area contributed by atoms with E-state index in [0.717, 1.165) is 12.1 Å². The number of hydrogen-bond donors (Lipinski definition) is 2. The summed E-state index contributed by atoms with van der Waals surface area (Å²) in [6, 6.07) is 0. The van der Waals surface area contributed by atoms with Crippen LogP contribution in [0.1, 0.15) is 31.5 Å². The summed E-state index contributed by atoms with van der Waals surface area (Å²) in [5.74, 6) is 0.170. The van der Waals surface area contributed by atoms with Crippen molar-refractivity contribution in [1.82, 2.24) is 14.9 Å². The number of aromatic nitrogens is 2. The molecule has 0 spiro atoms. The quantitative estimate of drug-likeness (QED) is 0.822. The molecule has 0 bridgehead atoms. The van der Waals surface area contributed by atoms with Gasteiger partial charge in [-0.3, -0.25) is 14.6 Å². The molecule has 1 heterocycles. The Morgan fingerprint density at radius 1 is 1.47 bits per heavy atom. The molecule has 1 amide bonds. The molecule has 0 saturated carbocycles. The van der Waals surface area contributed by atoms with Crippen LogP contribution in [0, 0.1) is 5.92 Å². The normalized spacial score (nSPS) is 17.9. The molecule has 0 aliphatic heterocycles. The van der Waals surface area contributed by atoms with Crippen LogP contribution in [0.5, 0.6) is 0 Å². The van der Waals surface area contributed by atoms with E-state index in [1.165, 1.54) is 0 Å². The molecule has 1 aromatic heterocycles. The highest BCUT2D eigenvalue weighted by molar-refractivity contribution is 5.79. The van der Waals surface area contributed by atoms with Gasteiger partial charge in [-0.2, -0.15) is 0 Å². The number of aromatic amines is 1. The van der Waals surface area contributed by atoms with Crippen molar-refractivity contribution in [2.45, 2.75) is 33.1 Å². The molecule has 3 N–H and O–H groups in total. The minimum absolute atomic E-state index is 0.112. The van der Waals surface area contributed by atoms with E-state index in [0.29, 0.717) is 31.5 Å². The summed E-state index contributed by atoms with van der Waals surface area (Å²) in [6.45, 7) is 5.34. The Kier molecular flexibility index (Phi) is 3.87. The zero-order chi connectivity index (χ0) is 14.0. The van der Waals surface area contributed by atoms with Crippen LogP contribution in [-0.4, -0.2) is 33.9 Å². The maximum Gasteiger partial charge on any atom is 0.255 e. The Hall–Kier alpha value is -1.85. The number of aryl methyl sites for hydroxylation is 1. The first-order chi connectivity index (χ1) is 9.06. The molecule has 1 unspecified atom stereocenters. The van der Waals surface area contributed by atoms with Crippen molar-refractivity contribution >= 4 is 11.9 Å². The molecule has 6 heteroatoms. The Balaban J connectivity index is 2.23. The summed E-state index contributed by atoms with van der Waals surface area (Å²) < 4.78 is 0. The highest BCUT2D eigenvalue weighted by Gasteiger charge is 2.29. The van der Waals surface area contributed by atoms with E-state index in [2.05, 4.69) is 9.97 Å². The van der Waals surface area contributed by atoms with E-state index in [1.54, 1.807) is 0 Å². The van der Waals surface area contributed by atoms with Crippen LogP contribution in [0.25, 0.3) is 0 Å². The molecule has 1 aliphatic rings. The standard InChI is InChI=1S/C13H20N4O2/c1-3-17(4-2)12(19)8-5-6-10-9(7-8)11(18)16-13(14)15-10/h8H,3-7H2,1-2H3,(H3,14,15,16,18). The third kappa shape index (κ3) is 2.62. The third-order valence-corrected chi connectivity index (χ3v) is 3.72. The first-order valence-electron chi connectivity index (χ1n) is 6.73. The SMILES string of the molecule is CCN(CC)C(=O)C1CCc2nc(N)[nH]c(=O)c2C1. The van der Waals surface area contributed by atoms with Crippen molar-refractivity contribution in [3.63, 3.8) is 0 Å². The Morgan fingerprint density at radius 3 is 2.79 bits per heavy atom. The zero-order valence-electron chi connectivity index (χ0n) is 11.4. The molecule has 1 aromatic rings. The number of fused-ring (bicyclic) bond motifs is 1. The second kappa shape index (κ2) is 5.42. The minimum atomic E-state index is -0.209. The third-order valence-electron chi connectivity index (χ3n) is 3.72. The van der Waals surface area contributed by atoms with Crippen LogP contribution >= 0.6 is 0 Å². The molecule has 0 radical (unpaired) electrons. The van der Waals surface area contributed by atoms with E-state index in [-0.39, 0.29) is 23.3 Å². The number of carbonyl (C=O) groups is 1. The van der Waals surface area contributed by atoms with Gasteiger partial charge in [-0.15, -0.1) is 0 Å². The summed E-state index contributed by atoms with van der Waals surface area (Å²) in [7, 11) is 0. The van der Waals surface area contributed by atoms with Gasteiger partial charge in [-0.05, 0) is 33.1 Å². The number of nitrogens with one attached hydrogen (secondary N) is 1. The number of hydrogen-bond acceptors (Lipinski definition) is 4. The van der Waals surface area contributed by atoms with Crippen molar-refractivity contribution in [1.29, 1.82) is 0 Å². The molecule has 0 fully saturated rings. The van der Waals surface area contributed by atoms with Crippen LogP contribution in [0.2, 0.25) is 0 Å². The lowest BCUT2D eigenvalue weighted by atomic mass is 9.86. The van der Waals surface area contributed by atoms with Crippen molar-refractivity contribution in [3.05, 3.63) is 21.6 Å². The van der Waals surface area contributed by atoms with Crippen molar-refractivity contribution < 1.29 is 4.79 Å². The predicted molar refractivity (Wildman–Crippen MR) is 72.7 cm³/mol. The first kappa shape index (κ1) is 13.6. The van der Waals surface area contributed by atoms with Crippen LogP contribution in [0.3, 0.4) is 0 Å². The monoisotopic (exact) mass is 264 g/mol. The molecule has 104 valence electrons. The van der Waals surface area contributed by atoms with Crippen LogP contribution in [0.4, 0.5) is 5.95 Å². The Labute approximate surface area is 112 Å². The number of nitrogens with zero attached hydrogens (tertiary/aromatic N) is 2. The lowest BCUT2D eigenvalue weighted by Crippen LogP contribution is -2.39. The number of nitrogens with two attached hydrogens (primary N) is 1. The number of carbonyl (C=O) groups excluding carboxylic acids is 1. The highest BCUT2D eigenvalue weighted by atomic mass is 16.2. The van der Waals surface area contributed by atoms with Gasteiger partial charge in [-0.1, -0.05) is 0 Å². The fourth-order valence-electron chi connectivity index (χ4n) is 2.64. The molecular formula is C13H20N4O2. The fourth-order valence-corrected chi connectivity index (χ4v) is 2.64. The van der Waals surface area contributed by atoms with Gasteiger partial charge in [0.05, 0.1) is 5.69 Å². The molecule has 19 heavy (non-hydrogen) atoms. The summed E-state index contributed by atoms with van der Waals surface area (Å²) in [6.07, 6.45) is 1.84. The molecule has 1 aliphatic carbocycles. The molecule has 0 saturated heterocycles. The number of anilines is 1. The molecule has 1 atom stereocenters. The smallest absolute Gasteiger partial charge is 0.255 e. The molecular weight excluding hydrogens is 244 g/mol. The van der Waals surface area contributed by atoms with Gasteiger partial charge >= 0.3 is 0 Å². The van der Waals surface area contributed by atoms with Crippen LogP contribution in [0.15, 0.2) is 4.79 Å². The maximum atomic E-state index is 12.3. The second-order valence-electron chi connectivity index (χ2n) is 4.83. The van der Waals surface area contributed by atoms with Gasteiger partial charge < -0.3 is 10.6 Å². The van der Waals surface area contributed by atoms with Gasteiger partial charge in [-0.25, -0.2) is 4.98 Å². The first-order valence-corrected chi connectivity index (χ1v) is 6.73. The maximum absolute atomic E-state index is 12.3. The van der Waals surface area contributed by atoms with Crippen molar-refractivity contribution in [3.8, 4) is 0 Å². The number of H-pyrrole nitrogens is 1.